The normalized spacial score (nSPS) is 27.4. The third kappa shape index (κ3) is 8.44. The van der Waals surface area contributed by atoms with Crippen LogP contribution in [-0.2, 0) is 11.2 Å². The van der Waals surface area contributed by atoms with E-state index < -0.39 is 12.6 Å². The van der Waals surface area contributed by atoms with Crippen LogP contribution >= 0.6 is 0 Å². The molecule has 2 fully saturated rings. The van der Waals surface area contributed by atoms with Gasteiger partial charge in [0.25, 0.3) is 0 Å². The molecule has 0 radical (unpaired) electrons. The van der Waals surface area contributed by atoms with Gasteiger partial charge in [-0.1, -0.05) is 56.9 Å². The van der Waals surface area contributed by atoms with Crippen LogP contribution < -0.4 is 0 Å². The topological polar surface area (TPSA) is 9.23 Å². The van der Waals surface area contributed by atoms with E-state index in [1.165, 1.54) is 89.0 Å². The van der Waals surface area contributed by atoms with Gasteiger partial charge in [0.05, 0.1) is 12.5 Å². The number of rotatable bonds is 10. The maximum absolute atomic E-state index is 12.6. The molecule has 1 aromatic rings. The minimum atomic E-state index is -4.13. The van der Waals surface area contributed by atoms with E-state index in [4.69, 9.17) is 4.74 Å². The molecule has 0 atom stereocenters. The molecule has 0 heterocycles. The lowest BCUT2D eigenvalue weighted by molar-refractivity contribution is -0.127. The number of alkyl halides is 3. The number of hydrogen-bond acceptors (Lipinski definition) is 1. The molecular weight excluding hydrogens is 397 g/mol. The predicted molar refractivity (Wildman–Crippen MR) is 121 cm³/mol. The predicted octanol–water partition coefficient (Wildman–Crippen LogP) is 8.61. The van der Waals surface area contributed by atoms with Crippen molar-refractivity contribution in [3.8, 4) is 0 Å². The first-order valence-corrected chi connectivity index (χ1v) is 12.7. The third-order valence-electron chi connectivity index (χ3n) is 7.61. The average molecular weight is 439 g/mol. The van der Waals surface area contributed by atoms with Crippen LogP contribution in [0, 0.1) is 11.8 Å². The molecule has 176 valence electrons. The quantitative estimate of drug-likeness (QED) is 0.332. The summed E-state index contributed by atoms with van der Waals surface area (Å²) in [6.07, 6.45) is 12.0. The number of unbranched alkanes of at least 4 members (excludes halogenated alkanes) is 4. The Bertz CT molecular complexity index is 608. The zero-order valence-electron chi connectivity index (χ0n) is 19.3. The zero-order chi connectivity index (χ0) is 22.1. The molecule has 0 amide bonds. The van der Waals surface area contributed by atoms with Crippen molar-refractivity contribution in [2.75, 3.05) is 6.61 Å². The van der Waals surface area contributed by atoms with Crippen molar-refractivity contribution in [2.24, 2.45) is 11.8 Å². The van der Waals surface area contributed by atoms with Gasteiger partial charge in [0.2, 0.25) is 0 Å². The van der Waals surface area contributed by atoms with Crippen LogP contribution in [0.1, 0.15) is 107 Å². The van der Waals surface area contributed by atoms with E-state index in [2.05, 4.69) is 6.92 Å². The summed E-state index contributed by atoms with van der Waals surface area (Å²) in [6, 6.07) is 7.19. The average Bonchev–Trinajstić information content (AvgIpc) is 2.76. The van der Waals surface area contributed by atoms with Gasteiger partial charge < -0.3 is 4.74 Å². The highest BCUT2D eigenvalue weighted by molar-refractivity contribution is 5.26. The minimum absolute atomic E-state index is 0.366. The van der Waals surface area contributed by atoms with Gasteiger partial charge in [-0.25, -0.2) is 0 Å². The van der Waals surface area contributed by atoms with E-state index in [9.17, 15) is 13.2 Å². The second kappa shape index (κ2) is 12.3. The Morgan fingerprint density at radius 1 is 0.774 bits per heavy atom. The number of ether oxygens (including phenoxy) is 1. The first kappa shape index (κ1) is 24.6. The maximum Gasteiger partial charge on any atom is 0.393 e. The van der Waals surface area contributed by atoms with Crippen LogP contribution in [0.25, 0.3) is 0 Å². The first-order valence-electron chi connectivity index (χ1n) is 12.7. The van der Waals surface area contributed by atoms with Crippen LogP contribution in [-0.4, -0.2) is 18.9 Å². The van der Waals surface area contributed by atoms with Crippen molar-refractivity contribution in [1.82, 2.24) is 0 Å². The van der Waals surface area contributed by atoms with Gasteiger partial charge in [0.1, 0.15) is 0 Å². The van der Waals surface area contributed by atoms with Gasteiger partial charge >= 0.3 is 6.18 Å². The lowest BCUT2D eigenvalue weighted by atomic mass is 9.69. The van der Waals surface area contributed by atoms with Gasteiger partial charge in [0, 0.05) is 6.61 Å². The number of hydrogen-bond donors (Lipinski definition) is 0. The van der Waals surface area contributed by atoms with Gasteiger partial charge in [0.15, 0.2) is 0 Å². The van der Waals surface area contributed by atoms with Crippen molar-refractivity contribution < 1.29 is 17.9 Å². The molecule has 0 unspecified atom stereocenters. The maximum atomic E-state index is 12.6. The van der Waals surface area contributed by atoms with Crippen LogP contribution in [0.2, 0.25) is 0 Å². The summed E-state index contributed by atoms with van der Waals surface area (Å²) in [5, 5.41) is 0. The molecule has 0 saturated heterocycles. The second-order valence-corrected chi connectivity index (χ2v) is 9.97. The van der Waals surface area contributed by atoms with Crippen LogP contribution in [0.3, 0.4) is 0 Å². The molecule has 1 nitrogen and oxygen atoms in total. The molecule has 0 N–H and O–H groups in total. The summed E-state index contributed by atoms with van der Waals surface area (Å²) in [6.45, 7) is 3.19. The highest BCUT2D eigenvalue weighted by Gasteiger charge is 2.32. The fourth-order valence-electron chi connectivity index (χ4n) is 5.75. The Balaban J connectivity index is 1.33. The van der Waals surface area contributed by atoms with E-state index in [1.807, 2.05) is 12.1 Å². The molecule has 2 saturated carbocycles. The minimum Gasteiger partial charge on any atom is -0.378 e. The van der Waals surface area contributed by atoms with Gasteiger partial charge in [-0.3, -0.25) is 0 Å². The van der Waals surface area contributed by atoms with Gasteiger partial charge in [-0.2, -0.15) is 13.2 Å². The SMILES string of the molecule is CCCCCCCO[C@H]1CC[C@H]([C@H]2CC[C@H](c3ccc(CC(F)(F)F)cc3)CC2)CC1. The van der Waals surface area contributed by atoms with Crippen molar-refractivity contribution >= 4 is 0 Å². The molecule has 4 heteroatoms. The number of benzene rings is 1. The molecule has 31 heavy (non-hydrogen) atoms. The van der Waals surface area contributed by atoms with Crippen LogP contribution in [0.15, 0.2) is 24.3 Å². The highest BCUT2D eigenvalue weighted by atomic mass is 19.4. The Morgan fingerprint density at radius 3 is 1.94 bits per heavy atom. The summed E-state index contributed by atoms with van der Waals surface area (Å²) in [5.74, 6) is 2.19. The van der Waals surface area contributed by atoms with E-state index in [1.54, 1.807) is 12.1 Å². The van der Waals surface area contributed by atoms with E-state index >= 15 is 0 Å². The summed E-state index contributed by atoms with van der Waals surface area (Å²) < 4.78 is 43.8. The summed E-state index contributed by atoms with van der Waals surface area (Å²) >= 11 is 0. The fraction of sp³-hybridized carbons (Fsp3) is 0.778. The third-order valence-corrected chi connectivity index (χ3v) is 7.61. The molecule has 2 aliphatic rings. The molecule has 0 aliphatic heterocycles. The Labute approximate surface area is 187 Å². The lowest BCUT2D eigenvalue weighted by Crippen LogP contribution is -2.28. The fourth-order valence-corrected chi connectivity index (χ4v) is 5.75. The molecule has 0 spiro atoms. The molecule has 1 aromatic carbocycles. The molecule has 3 rings (SSSR count). The van der Waals surface area contributed by atoms with E-state index in [0.717, 1.165) is 18.4 Å². The zero-order valence-corrected chi connectivity index (χ0v) is 19.3. The Kier molecular flexibility index (Phi) is 9.74. The van der Waals surface area contributed by atoms with Gasteiger partial charge in [-0.15, -0.1) is 0 Å². The van der Waals surface area contributed by atoms with Crippen molar-refractivity contribution in [1.29, 1.82) is 0 Å². The van der Waals surface area contributed by atoms with E-state index in [0.29, 0.717) is 17.6 Å². The monoisotopic (exact) mass is 438 g/mol. The summed E-state index contributed by atoms with van der Waals surface area (Å²) in [7, 11) is 0. The molecule has 0 bridgehead atoms. The summed E-state index contributed by atoms with van der Waals surface area (Å²) in [4.78, 5) is 0. The molecular formula is C27H41F3O. The van der Waals surface area contributed by atoms with Crippen LogP contribution in [0.5, 0.6) is 0 Å². The molecule has 2 aliphatic carbocycles. The standard InChI is InChI=1S/C27H41F3O/c1-2-3-4-5-6-19-31-26-17-15-25(16-18-26)24-13-11-23(12-14-24)22-9-7-21(8-10-22)20-27(28,29)30/h7-10,23-26H,2-6,11-20H2,1H3/t23-,24-,25-,26-. The lowest BCUT2D eigenvalue weighted by Gasteiger charge is -2.38. The van der Waals surface area contributed by atoms with E-state index in [-0.39, 0.29) is 0 Å². The largest absolute Gasteiger partial charge is 0.393 e. The van der Waals surface area contributed by atoms with Crippen LogP contribution in [0.4, 0.5) is 13.2 Å². The Morgan fingerprint density at radius 2 is 1.35 bits per heavy atom. The first-order chi connectivity index (χ1) is 14.9. The number of halogens is 3. The summed E-state index contributed by atoms with van der Waals surface area (Å²) in [5.41, 5.74) is 1.59. The Hall–Kier alpha value is -1.03. The van der Waals surface area contributed by atoms with Gasteiger partial charge in [-0.05, 0) is 86.7 Å². The second-order valence-electron chi connectivity index (χ2n) is 9.97. The smallest absolute Gasteiger partial charge is 0.378 e. The highest BCUT2D eigenvalue weighted by Crippen LogP contribution is 2.43. The van der Waals surface area contributed by atoms with Crippen molar-refractivity contribution in [3.05, 3.63) is 35.4 Å². The van der Waals surface area contributed by atoms with Crippen molar-refractivity contribution in [3.63, 3.8) is 0 Å². The molecule has 0 aromatic heterocycles. The van der Waals surface area contributed by atoms with Crippen molar-refractivity contribution in [2.45, 2.75) is 115 Å².